The molecule has 122 valence electrons. The van der Waals surface area contributed by atoms with Gasteiger partial charge in [-0.2, -0.15) is 0 Å². The first-order valence-electron chi connectivity index (χ1n) is 7.85. The molecular weight excluding hydrogens is 304 g/mol. The predicted molar refractivity (Wildman–Crippen MR) is 91.3 cm³/mol. The monoisotopic (exact) mass is 322 g/mol. The Morgan fingerprint density at radius 1 is 1.17 bits per heavy atom. The smallest absolute Gasteiger partial charge is 0.328 e. The molecule has 1 aliphatic heterocycles. The Morgan fingerprint density at radius 3 is 2.58 bits per heavy atom. The molecule has 24 heavy (non-hydrogen) atoms. The van der Waals surface area contributed by atoms with Crippen molar-refractivity contribution in [2.45, 2.75) is 18.9 Å². The predicted octanol–water partition coefficient (Wildman–Crippen LogP) is 2.41. The molecule has 1 unspecified atom stereocenters. The summed E-state index contributed by atoms with van der Waals surface area (Å²) < 4.78 is 4.83. The third-order valence-corrected chi connectivity index (χ3v) is 3.73. The number of esters is 1. The van der Waals surface area contributed by atoms with E-state index in [4.69, 9.17) is 4.74 Å². The average molecular weight is 322 g/mol. The minimum absolute atomic E-state index is 0.181. The number of carbonyl (C=O) groups is 2. The van der Waals surface area contributed by atoms with Crippen LogP contribution in [0.1, 0.15) is 17.5 Å². The lowest BCUT2D eigenvalue weighted by molar-refractivity contribution is -0.141. The molecule has 5 heteroatoms. The molecule has 0 radical (unpaired) electrons. The first-order valence-corrected chi connectivity index (χ1v) is 7.85. The highest BCUT2D eigenvalue weighted by Crippen LogP contribution is 2.14. The van der Waals surface area contributed by atoms with Crippen molar-refractivity contribution in [1.82, 2.24) is 5.32 Å². The van der Waals surface area contributed by atoms with Crippen LogP contribution in [-0.2, 0) is 20.7 Å². The number of aliphatic imine (C=N–C) groups is 1. The number of ether oxygens (including phenoxy) is 1. The summed E-state index contributed by atoms with van der Waals surface area (Å²) in [7, 11) is 0. The first-order chi connectivity index (χ1) is 11.7. The number of amides is 1. The zero-order valence-corrected chi connectivity index (χ0v) is 13.1. The molecule has 0 saturated carbocycles. The quantitative estimate of drug-likeness (QED) is 0.679. The minimum atomic E-state index is -0.507. The Labute approximate surface area is 140 Å². The molecule has 2 aromatic rings. The van der Waals surface area contributed by atoms with Crippen LogP contribution in [-0.4, -0.2) is 30.7 Å². The van der Waals surface area contributed by atoms with Gasteiger partial charge in [0.15, 0.2) is 0 Å². The van der Waals surface area contributed by atoms with E-state index in [1.807, 2.05) is 54.6 Å². The molecule has 1 aliphatic rings. The normalized spacial score (nSPS) is 17.0. The zero-order valence-electron chi connectivity index (χ0n) is 13.1. The highest BCUT2D eigenvalue weighted by atomic mass is 16.5. The van der Waals surface area contributed by atoms with E-state index in [1.165, 1.54) is 0 Å². The summed E-state index contributed by atoms with van der Waals surface area (Å²) in [5.41, 5.74) is 2.73. The van der Waals surface area contributed by atoms with E-state index in [-0.39, 0.29) is 18.3 Å². The van der Waals surface area contributed by atoms with Gasteiger partial charge in [-0.3, -0.25) is 9.79 Å². The SMILES string of the molecule is O=C(Cc1ccc(N=Cc2ccccc2)cc1)NC1CCOC1=O. The molecule has 0 aliphatic carbocycles. The molecule has 1 saturated heterocycles. The third kappa shape index (κ3) is 4.29. The van der Waals surface area contributed by atoms with Crippen LogP contribution in [0.5, 0.6) is 0 Å². The molecule has 1 amide bonds. The van der Waals surface area contributed by atoms with Crippen LogP contribution in [0.15, 0.2) is 59.6 Å². The molecule has 5 nitrogen and oxygen atoms in total. The average Bonchev–Trinajstić information content (AvgIpc) is 3.00. The van der Waals surface area contributed by atoms with Crippen LogP contribution < -0.4 is 5.32 Å². The van der Waals surface area contributed by atoms with Gasteiger partial charge < -0.3 is 10.1 Å². The van der Waals surface area contributed by atoms with Crippen molar-refractivity contribution in [1.29, 1.82) is 0 Å². The van der Waals surface area contributed by atoms with Crippen molar-refractivity contribution < 1.29 is 14.3 Å². The molecule has 1 atom stereocenters. The summed E-state index contributed by atoms with van der Waals surface area (Å²) in [5, 5.41) is 2.70. The number of rotatable bonds is 5. The highest BCUT2D eigenvalue weighted by molar-refractivity contribution is 5.86. The number of hydrogen-bond acceptors (Lipinski definition) is 4. The van der Waals surface area contributed by atoms with Crippen LogP contribution in [0.2, 0.25) is 0 Å². The molecule has 0 spiro atoms. The van der Waals surface area contributed by atoms with Crippen LogP contribution >= 0.6 is 0 Å². The Kier molecular flexibility index (Phi) is 5.01. The van der Waals surface area contributed by atoms with Crippen molar-refractivity contribution in [2.75, 3.05) is 6.61 Å². The second kappa shape index (κ2) is 7.55. The van der Waals surface area contributed by atoms with E-state index in [0.29, 0.717) is 13.0 Å². The Balaban J connectivity index is 1.55. The maximum Gasteiger partial charge on any atom is 0.328 e. The van der Waals surface area contributed by atoms with Gasteiger partial charge in [0.05, 0.1) is 18.7 Å². The van der Waals surface area contributed by atoms with E-state index < -0.39 is 6.04 Å². The summed E-state index contributed by atoms with van der Waals surface area (Å²) in [6.45, 7) is 0.373. The fraction of sp³-hybridized carbons (Fsp3) is 0.211. The standard InChI is InChI=1S/C19H18N2O3/c22-18(21-17-10-11-24-19(17)23)12-14-6-8-16(9-7-14)20-13-15-4-2-1-3-5-15/h1-9,13,17H,10-12H2,(H,21,22). The van der Waals surface area contributed by atoms with Crippen molar-refractivity contribution in [2.24, 2.45) is 4.99 Å². The number of hydrogen-bond donors (Lipinski definition) is 1. The lowest BCUT2D eigenvalue weighted by Gasteiger charge is -2.08. The van der Waals surface area contributed by atoms with Gasteiger partial charge in [0.25, 0.3) is 0 Å². The number of cyclic esters (lactones) is 1. The van der Waals surface area contributed by atoms with Crippen LogP contribution in [0, 0.1) is 0 Å². The second-order valence-corrected chi connectivity index (χ2v) is 5.59. The highest BCUT2D eigenvalue weighted by Gasteiger charge is 2.27. The van der Waals surface area contributed by atoms with E-state index in [1.54, 1.807) is 6.21 Å². The topological polar surface area (TPSA) is 67.8 Å². The molecule has 1 heterocycles. The van der Waals surface area contributed by atoms with Gasteiger partial charge in [-0.05, 0) is 23.3 Å². The van der Waals surface area contributed by atoms with Crippen molar-refractivity contribution >= 4 is 23.8 Å². The van der Waals surface area contributed by atoms with Crippen LogP contribution in [0.25, 0.3) is 0 Å². The van der Waals surface area contributed by atoms with E-state index in [9.17, 15) is 9.59 Å². The van der Waals surface area contributed by atoms with Crippen molar-refractivity contribution in [3.05, 3.63) is 65.7 Å². The Hall–Kier alpha value is -2.95. The fourth-order valence-electron chi connectivity index (χ4n) is 2.45. The Morgan fingerprint density at radius 2 is 1.92 bits per heavy atom. The Bertz CT molecular complexity index is 739. The molecule has 0 aromatic heterocycles. The molecular formula is C19H18N2O3. The zero-order chi connectivity index (χ0) is 16.8. The molecule has 0 bridgehead atoms. The van der Waals surface area contributed by atoms with Gasteiger partial charge in [-0.1, -0.05) is 42.5 Å². The first kappa shape index (κ1) is 15.9. The molecule has 3 rings (SSSR count). The number of nitrogens with one attached hydrogen (secondary N) is 1. The minimum Gasteiger partial charge on any atom is -0.464 e. The van der Waals surface area contributed by atoms with Crippen molar-refractivity contribution in [3.8, 4) is 0 Å². The van der Waals surface area contributed by atoms with Gasteiger partial charge in [0.1, 0.15) is 6.04 Å². The number of carbonyl (C=O) groups excluding carboxylic acids is 2. The third-order valence-electron chi connectivity index (χ3n) is 3.73. The van der Waals surface area contributed by atoms with Crippen LogP contribution in [0.4, 0.5) is 5.69 Å². The largest absolute Gasteiger partial charge is 0.464 e. The number of benzene rings is 2. The second-order valence-electron chi connectivity index (χ2n) is 5.59. The van der Waals surface area contributed by atoms with Gasteiger partial charge in [-0.15, -0.1) is 0 Å². The van der Waals surface area contributed by atoms with Gasteiger partial charge >= 0.3 is 5.97 Å². The molecule has 2 aromatic carbocycles. The van der Waals surface area contributed by atoms with E-state index in [2.05, 4.69) is 10.3 Å². The maximum atomic E-state index is 12.0. The summed E-state index contributed by atoms with van der Waals surface area (Å²) in [5.74, 6) is -0.534. The lowest BCUT2D eigenvalue weighted by atomic mass is 10.1. The van der Waals surface area contributed by atoms with E-state index >= 15 is 0 Å². The fourth-order valence-corrected chi connectivity index (χ4v) is 2.45. The molecule has 1 N–H and O–H groups in total. The lowest BCUT2D eigenvalue weighted by Crippen LogP contribution is -2.38. The van der Waals surface area contributed by atoms with Gasteiger partial charge in [-0.25, -0.2) is 4.79 Å². The van der Waals surface area contributed by atoms with Gasteiger partial charge in [0, 0.05) is 12.6 Å². The van der Waals surface area contributed by atoms with Gasteiger partial charge in [0.2, 0.25) is 5.91 Å². The summed E-state index contributed by atoms with van der Waals surface area (Å²) in [4.78, 5) is 27.7. The summed E-state index contributed by atoms with van der Waals surface area (Å²) in [6, 6.07) is 16.8. The maximum absolute atomic E-state index is 12.0. The van der Waals surface area contributed by atoms with Crippen LogP contribution in [0.3, 0.4) is 0 Å². The number of nitrogens with zero attached hydrogens (tertiary/aromatic N) is 1. The summed E-state index contributed by atoms with van der Waals surface area (Å²) in [6.07, 6.45) is 2.57. The molecule has 1 fully saturated rings. The summed E-state index contributed by atoms with van der Waals surface area (Å²) >= 11 is 0. The van der Waals surface area contributed by atoms with E-state index in [0.717, 1.165) is 16.8 Å². The van der Waals surface area contributed by atoms with Crippen molar-refractivity contribution in [3.63, 3.8) is 0 Å².